The lowest BCUT2D eigenvalue weighted by Gasteiger charge is -2.02. The third kappa shape index (κ3) is 16.5. The van der Waals surface area contributed by atoms with E-state index in [9.17, 15) is 0 Å². The highest BCUT2D eigenvalue weighted by molar-refractivity contribution is 6.93. The van der Waals surface area contributed by atoms with Crippen LogP contribution in [-0.4, -0.2) is 8.83 Å². The van der Waals surface area contributed by atoms with Crippen molar-refractivity contribution in [2.24, 2.45) is 0 Å². The van der Waals surface area contributed by atoms with Crippen LogP contribution in [0.15, 0.2) is 0 Å². The van der Waals surface area contributed by atoms with E-state index in [1.807, 2.05) is 0 Å². The highest BCUT2D eigenvalue weighted by Gasteiger charge is 1.93. The minimum atomic E-state index is 0.641. The Labute approximate surface area is 116 Å². The summed E-state index contributed by atoms with van der Waals surface area (Å²) in [5, 5.41) is 0. The van der Waals surface area contributed by atoms with Crippen LogP contribution in [-0.2, 0) is 0 Å². The van der Waals surface area contributed by atoms with Gasteiger partial charge in [0.15, 0.2) is 8.83 Å². The van der Waals surface area contributed by atoms with Gasteiger partial charge in [-0.25, -0.2) is 0 Å². The molecule has 0 rings (SSSR count). The van der Waals surface area contributed by atoms with Gasteiger partial charge in [-0.2, -0.15) is 11.1 Å². The number of hydrogen-bond acceptors (Lipinski definition) is 0. The van der Waals surface area contributed by atoms with Crippen molar-refractivity contribution in [3.05, 3.63) is 0 Å². The van der Waals surface area contributed by atoms with Crippen LogP contribution in [0.1, 0.15) is 90.4 Å². The summed E-state index contributed by atoms with van der Waals surface area (Å²) in [6.07, 6.45) is 18.7. The van der Waals surface area contributed by atoms with Gasteiger partial charge in [-0.15, -0.1) is 0 Å². The first-order valence-electron chi connectivity index (χ1n) is 7.75. The minimum Gasteiger partial charge on any atom is -0.171 e. The molecule has 0 atom stereocenters. The summed E-state index contributed by atoms with van der Waals surface area (Å²) >= 11 is 5.67. The molecule has 0 nitrogen and oxygen atoms in total. The van der Waals surface area contributed by atoms with Crippen molar-refractivity contribution in [3.63, 3.8) is 0 Å². The molecule has 102 valence electrons. The molecular weight excluding hydrogens is 244 g/mol. The van der Waals surface area contributed by atoms with Crippen molar-refractivity contribution in [3.8, 4) is 0 Å². The molecule has 0 bridgehead atoms. The van der Waals surface area contributed by atoms with Gasteiger partial charge in [0.1, 0.15) is 0 Å². The molecule has 0 heterocycles. The summed E-state index contributed by atoms with van der Waals surface area (Å²) < 4.78 is 0. The second-order valence-corrected chi connectivity index (χ2v) is 6.70. The number of halogens is 1. The number of unbranched alkanes of at least 4 members (excludes halogenated alkanes) is 12. The van der Waals surface area contributed by atoms with E-state index in [1.54, 1.807) is 0 Å². The van der Waals surface area contributed by atoms with Gasteiger partial charge in [0.2, 0.25) is 0 Å². The van der Waals surface area contributed by atoms with Gasteiger partial charge in [-0.3, -0.25) is 0 Å². The van der Waals surface area contributed by atoms with E-state index in [4.69, 9.17) is 11.1 Å². The lowest BCUT2D eigenvalue weighted by atomic mass is 10.1. The molecule has 2 radical (unpaired) electrons. The SMILES string of the molecule is CCCCCCCCCCCCCCC[Si]Cl. The Morgan fingerprint density at radius 1 is 0.588 bits per heavy atom. The molecule has 0 aliphatic carbocycles. The Bertz CT molecular complexity index is 114. The smallest absolute Gasteiger partial charge is 0.171 e. The summed E-state index contributed by atoms with van der Waals surface area (Å²) in [6, 6.07) is 1.24. The Morgan fingerprint density at radius 3 is 1.29 bits per heavy atom. The standard InChI is InChI=1S/C15H31ClSi/c1-2-3-4-5-6-7-8-9-10-11-12-13-14-15-17-16/h2-15H2,1H3. The van der Waals surface area contributed by atoms with Crippen molar-refractivity contribution in [2.45, 2.75) is 96.4 Å². The third-order valence-electron chi connectivity index (χ3n) is 3.37. The molecule has 0 aliphatic heterocycles. The van der Waals surface area contributed by atoms with Gasteiger partial charge in [0, 0.05) is 0 Å². The largest absolute Gasteiger partial charge is 0.171 e. The van der Waals surface area contributed by atoms with Crippen LogP contribution in [0, 0.1) is 0 Å². The second-order valence-electron chi connectivity index (χ2n) is 5.13. The fourth-order valence-electron chi connectivity index (χ4n) is 2.21. The maximum Gasteiger partial charge on any atom is 0.171 e. The molecule has 0 N–H and O–H groups in total. The Kier molecular flexibility index (Phi) is 17.0. The zero-order chi connectivity index (χ0) is 12.6. The lowest BCUT2D eigenvalue weighted by molar-refractivity contribution is 0.542. The Balaban J connectivity index is 2.85. The van der Waals surface area contributed by atoms with E-state index in [1.165, 1.54) is 89.5 Å². The first-order valence-corrected chi connectivity index (χ1v) is 9.97. The predicted octanol–water partition coefficient (Wildman–Crippen LogP) is 6.35. The summed E-state index contributed by atoms with van der Waals surface area (Å²) in [7, 11) is 0.641. The third-order valence-corrected chi connectivity index (χ3v) is 4.48. The first-order chi connectivity index (χ1) is 8.41. The predicted molar refractivity (Wildman–Crippen MR) is 82.1 cm³/mol. The zero-order valence-electron chi connectivity index (χ0n) is 11.8. The molecule has 0 spiro atoms. The van der Waals surface area contributed by atoms with E-state index in [0.717, 1.165) is 0 Å². The van der Waals surface area contributed by atoms with Gasteiger partial charge >= 0.3 is 0 Å². The molecule has 0 amide bonds. The van der Waals surface area contributed by atoms with Crippen LogP contribution in [0.4, 0.5) is 0 Å². The van der Waals surface area contributed by atoms with Crippen LogP contribution in [0.25, 0.3) is 0 Å². The Hall–Kier alpha value is 0.507. The van der Waals surface area contributed by atoms with Crippen molar-refractivity contribution in [1.82, 2.24) is 0 Å². The molecular formula is C15H31ClSi. The van der Waals surface area contributed by atoms with Gasteiger partial charge in [-0.05, 0) is 6.04 Å². The first kappa shape index (κ1) is 17.5. The van der Waals surface area contributed by atoms with Gasteiger partial charge in [0.05, 0.1) is 0 Å². The minimum absolute atomic E-state index is 0.641. The Morgan fingerprint density at radius 2 is 0.941 bits per heavy atom. The molecule has 0 fully saturated rings. The molecule has 0 unspecified atom stereocenters. The van der Waals surface area contributed by atoms with Crippen LogP contribution < -0.4 is 0 Å². The number of rotatable bonds is 14. The monoisotopic (exact) mass is 274 g/mol. The molecule has 0 aliphatic rings. The molecule has 0 saturated carbocycles. The van der Waals surface area contributed by atoms with Gasteiger partial charge < -0.3 is 0 Å². The van der Waals surface area contributed by atoms with E-state index >= 15 is 0 Å². The molecule has 2 heteroatoms. The fourth-order valence-corrected chi connectivity index (χ4v) is 2.99. The van der Waals surface area contributed by atoms with E-state index in [-0.39, 0.29) is 0 Å². The van der Waals surface area contributed by atoms with Gasteiger partial charge in [0.25, 0.3) is 0 Å². The van der Waals surface area contributed by atoms with Crippen LogP contribution in [0.2, 0.25) is 6.04 Å². The quantitative estimate of drug-likeness (QED) is 0.197. The molecule has 0 saturated heterocycles. The van der Waals surface area contributed by atoms with E-state index in [0.29, 0.717) is 8.83 Å². The highest BCUT2D eigenvalue weighted by Crippen LogP contribution is 2.12. The highest BCUT2D eigenvalue weighted by atomic mass is 35.6. The maximum absolute atomic E-state index is 5.67. The lowest BCUT2D eigenvalue weighted by Crippen LogP contribution is -1.83. The normalized spacial score (nSPS) is 10.9. The average molecular weight is 275 g/mol. The van der Waals surface area contributed by atoms with Gasteiger partial charge in [-0.1, -0.05) is 90.4 Å². The summed E-state index contributed by atoms with van der Waals surface area (Å²) in [5.41, 5.74) is 0. The van der Waals surface area contributed by atoms with Crippen LogP contribution in [0.5, 0.6) is 0 Å². The van der Waals surface area contributed by atoms with E-state index < -0.39 is 0 Å². The summed E-state index contributed by atoms with van der Waals surface area (Å²) in [6.45, 7) is 2.29. The molecule has 0 aromatic rings. The van der Waals surface area contributed by atoms with Crippen LogP contribution >= 0.6 is 11.1 Å². The molecule has 0 aromatic carbocycles. The summed E-state index contributed by atoms with van der Waals surface area (Å²) in [4.78, 5) is 0. The van der Waals surface area contributed by atoms with Crippen molar-refractivity contribution >= 4 is 19.9 Å². The van der Waals surface area contributed by atoms with Crippen molar-refractivity contribution in [2.75, 3.05) is 0 Å². The van der Waals surface area contributed by atoms with Crippen molar-refractivity contribution < 1.29 is 0 Å². The zero-order valence-corrected chi connectivity index (χ0v) is 13.5. The molecule has 0 aromatic heterocycles. The van der Waals surface area contributed by atoms with E-state index in [2.05, 4.69) is 6.92 Å². The fraction of sp³-hybridized carbons (Fsp3) is 1.00. The topological polar surface area (TPSA) is 0 Å². The second kappa shape index (κ2) is 16.5. The maximum atomic E-state index is 5.67. The summed E-state index contributed by atoms with van der Waals surface area (Å²) in [5.74, 6) is 0. The molecule has 17 heavy (non-hydrogen) atoms. The van der Waals surface area contributed by atoms with Crippen LogP contribution in [0.3, 0.4) is 0 Å². The van der Waals surface area contributed by atoms with Crippen molar-refractivity contribution in [1.29, 1.82) is 0 Å². The number of hydrogen-bond donors (Lipinski definition) is 0. The average Bonchev–Trinajstić information content (AvgIpc) is 2.35.